The summed E-state index contributed by atoms with van der Waals surface area (Å²) in [7, 11) is 1.93. The van der Waals surface area contributed by atoms with Crippen molar-refractivity contribution in [1.82, 2.24) is 15.1 Å². The van der Waals surface area contributed by atoms with Gasteiger partial charge in [-0.3, -0.25) is 4.68 Å². The molecule has 1 unspecified atom stereocenters. The quantitative estimate of drug-likeness (QED) is 0.740. The lowest BCUT2D eigenvalue weighted by Gasteiger charge is -2.18. The summed E-state index contributed by atoms with van der Waals surface area (Å²) in [5.74, 6) is 0. The van der Waals surface area contributed by atoms with E-state index in [1.54, 1.807) is 17.5 Å². The molecule has 104 valence electrons. The second-order valence-corrected chi connectivity index (χ2v) is 8.26. The number of rotatable bonds is 5. The second kappa shape index (κ2) is 6.72. The maximum absolute atomic E-state index is 6.32. The molecule has 7 heteroatoms. The molecule has 1 N–H and O–H groups in total. The van der Waals surface area contributed by atoms with Gasteiger partial charge in [-0.1, -0.05) is 18.5 Å². The number of aromatic nitrogens is 2. The standard InChI is InChI=1S/C12H14Br2ClN3S/c1-3-4-18-11(8(15)6-17-18)10(16-2)7-5-9(13)19-12(7)14/h5-6,10,16H,3-4H2,1-2H3. The normalized spacial score (nSPS) is 12.9. The van der Waals surface area contributed by atoms with Gasteiger partial charge in [-0.05, 0) is 51.4 Å². The molecular formula is C12H14Br2ClN3S. The minimum absolute atomic E-state index is 0.0264. The zero-order chi connectivity index (χ0) is 14.0. The number of nitrogens with one attached hydrogen (secondary N) is 1. The number of nitrogens with zero attached hydrogens (tertiary/aromatic N) is 2. The van der Waals surface area contributed by atoms with Gasteiger partial charge in [0, 0.05) is 12.1 Å². The molecule has 0 fully saturated rings. The fraction of sp³-hybridized carbons (Fsp3) is 0.417. The van der Waals surface area contributed by atoms with Gasteiger partial charge in [0.05, 0.1) is 30.5 Å². The van der Waals surface area contributed by atoms with E-state index in [1.807, 2.05) is 11.7 Å². The smallest absolute Gasteiger partial charge is 0.0837 e. The van der Waals surface area contributed by atoms with E-state index in [0.29, 0.717) is 5.02 Å². The van der Waals surface area contributed by atoms with Gasteiger partial charge in [-0.15, -0.1) is 11.3 Å². The average Bonchev–Trinajstić information content (AvgIpc) is 2.87. The molecule has 2 rings (SSSR count). The van der Waals surface area contributed by atoms with E-state index in [4.69, 9.17) is 11.6 Å². The van der Waals surface area contributed by atoms with Crippen LogP contribution in [0.5, 0.6) is 0 Å². The van der Waals surface area contributed by atoms with Crippen LogP contribution in [-0.2, 0) is 6.54 Å². The lowest BCUT2D eigenvalue weighted by atomic mass is 10.1. The third-order valence-electron chi connectivity index (χ3n) is 2.82. The lowest BCUT2D eigenvalue weighted by Crippen LogP contribution is -2.22. The first-order valence-corrected chi connectivity index (χ1v) is 8.69. The topological polar surface area (TPSA) is 29.9 Å². The minimum atomic E-state index is 0.0264. The Morgan fingerprint density at radius 2 is 2.26 bits per heavy atom. The molecule has 2 aromatic rings. The zero-order valence-corrected chi connectivity index (χ0v) is 15.3. The first kappa shape index (κ1) is 15.5. The number of thiophene rings is 1. The van der Waals surface area contributed by atoms with Crippen LogP contribution in [0.25, 0.3) is 0 Å². The van der Waals surface area contributed by atoms with Crippen molar-refractivity contribution in [3.63, 3.8) is 0 Å². The van der Waals surface area contributed by atoms with Crippen LogP contribution in [0.1, 0.15) is 30.6 Å². The predicted octanol–water partition coefficient (Wildman–Crippen LogP) is 4.84. The number of aryl methyl sites for hydroxylation is 1. The monoisotopic (exact) mass is 425 g/mol. The fourth-order valence-corrected chi connectivity index (χ4v) is 5.19. The van der Waals surface area contributed by atoms with Crippen LogP contribution >= 0.6 is 54.8 Å². The fourth-order valence-electron chi connectivity index (χ4n) is 2.04. The van der Waals surface area contributed by atoms with E-state index in [2.05, 4.69) is 55.3 Å². The number of halogens is 3. The molecule has 0 radical (unpaired) electrons. The van der Waals surface area contributed by atoms with E-state index in [1.165, 1.54) is 5.56 Å². The summed E-state index contributed by atoms with van der Waals surface area (Å²) in [6.45, 7) is 2.99. The van der Waals surface area contributed by atoms with Crippen LogP contribution in [0.3, 0.4) is 0 Å². The highest BCUT2D eigenvalue weighted by atomic mass is 79.9. The first-order chi connectivity index (χ1) is 9.08. The summed E-state index contributed by atoms with van der Waals surface area (Å²) in [6.07, 6.45) is 2.74. The summed E-state index contributed by atoms with van der Waals surface area (Å²) in [6, 6.07) is 2.13. The molecule has 0 saturated carbocycles. The van der Waals surface area contributed by atoms with Gasteiger partial charge < -0.3 is 5.32 Å². The van der Waals surface area contributed by atoms with Gasteiger partial charge in [-0.2, -0.15) is 5.10 Å². The van der Waals surface area contributed by atoms with E-state index >= 15 is 0 Å². The van der Waals surface area contributed by atoms with Crippen molar-refractivity contribution in [3.05, 3.63) is 36.1 Å². The maximum Gasteiger partial charge on any atom is 0.0837 e. The minimum Gasteiger partial charge on any atom is -0.308 e. The Morgan fingerprint density at radius 3 is 2.79 bits per heavy atom. The Kier molecular flexibility index (Phi) is 5.48. The molecule has 0 aromatic carbocycles. The molecule has 0 spiro atoms. The van der Waals surface area contributed by atoms with Gasteiger partial charge in [-0.25, -0.2) is 0 Å². The predicted molar refractivity (Wildman–Crippen MR) is 88.1 cm³/mol. The molecule has 0 aliphatic carbocycles. The number of hydrogen-bond acceptors (Lipinski definition) is 3. The van der Waals surface area contributed by atoms with Crippen LogP contribution in [0.15, 0.2) is 19.8 Å². The van der Waals surface area contributed by atoms with Crippen LogP contribution in [0.4, 0.5) is 0 Å². The Labute approximate surface area is 138 Å². The van der Waals surface area contributed by atoms with E-state index in [-0.39, 0.29) is 6.04 Å². The number of hydrogen-bond donors (Lipinski definition) is 1. The molecule has 2 aromatic heterocycles. The second-order valence-electron chi connectivity index (χ2n) is 4.10. The van der Waals surface area contributed by atoms with Crippen molar-refractivity contribution in [2.45, 2.75) is 25.9 Å². The molecule has 2 heterocycles. The third-order valence-corrected chi connectivity index (χ3v) is 5.50. The Balaban J connectivity index is 2.47. The zero-order valence-electron chi connectivity index (χ0n) is 10.6. The van der Waals surface area contributed by atoms with Crippen molar-refractivity contribution < 1.29 is 0 Å². The Bertz CT molecular complexity index is 567. The molecule has 0 amide bonds. The Morgan fingerprint density at radius 1 is 1.53 bits per heavy atom. The molecule has 0 aliphatic heterocycles. The van der Waals surface area contributed by atoms with Crippen molar-refractivity contribution in [2.24, 2.45) is 0 Å². The van der Waals surface area contributed by atoms with Crippen molar-refractivity contribution >= 4 is 54.8 Å². The van der Waals surface area contributed by atoms with Crippen LogP contribution in [-0.4, -0.2) is 16.8 Å². The van der Waals surface area contributed by atoms with Gasteiger partial charge in [0.2, 0.25) is 0 Å². The maximum atomic E-state index is 6.32. The Hall–Kier alpha value is 0.120. The van der Waals surface area contributed by atoms with Gasteiger partial charge in [0.1, 0.15) is 0 Å². The SMILES string of the molecule is CCCn1ncc(Cl)c1C(NC)c1cc(Br)sc1Br. The summed E-state index contributed by atoms with van der Waals surface area (Å²) in [4.78, 5) is 0. The van der Waals surface area contributed by atoms with Crippen molar-refractivity contribution in [3.8, 4) is 0 Å². The van der Waals surface area contributed by atoms with E-state index in [0.717, 1.165) is 26.2 Å². The van der Waals surface area contributed by atoms with Crippen molar-refractivity contribution in [2.75, 3.05) is 7.05 Å². The van der Waals surface area contributed by atoms with Gasteiger partial charge in [0.15, 0.2) is 0 Å². The van der Waals surface area contributed by atoms with Gasteiger partial charge in [0.25, 0.3) is 0 Å². The molecule has 3 nitrogen and oxygen atoms in total. The summed E-state index contributed by atoms with van der Waals surface area (Å²) in [5, 5.41) is 8.38. The highest BCUT2D eigenvalue weighted by Gasteiger charge is 2.24. The summed E-state index contributed by atoms with van der Waals surface area (Å²) in [5.41, 5.74) is 2.18. The molecule has 19 heavy (non-hydrogen) atoms. The molecular weight excluding hydrogens is 413 g/mol. The van der Waals surface area contributed by atoms with Gasteiger partial charge >= 0.3 is 0 Å². The van der Waals surface area contributed by atoms with Crippen LogP contribution in [0, 0.1) is 0 Å². The van der Waals surface area contributed by atoms with E-state index < -0.39 is 0 Å². The largest absolute Gasteiger partial charge is 0.308 e. The molecule has 1 atom stereocenters. The molecule has 0 saturated heterocycles. The molecule has 0 bridgehead atoms. The highest BCUT2D eigenvalue weighted by Crippen LogP contribution is 2.39. The summed E-state index contributed by atoms with van der Waals surface area (Å²) < 4.78 is 4.16. The highest BCUT2D eigenvalue weighted by molar-refractivity contribution is 9.12. The van der Waals surface area contributed by atoms with E-state index in [9.17, 15) is 0 Å². The van der Waals surface area contributed by atoms with Crippen LogP contribution in [0.2, 0.25) is 5.02 Å². The van der Waals surface area contributed by atoms with Crippen LogP contribution < -0.4 is 5.32 Å². The average molecular weight is 428 g/mol. The first-order valence-electron chi connectivity index (χ1n) is 5.91. The van der Waals surface area contributed by atoms with Crippen molar-refractivity contribution in [1.29, 1.82) is 0 Å². The third kappa shape index (κ3) is 3.24. The molecule has 0 aliphatic rings. The lowest BCUT2D eigenvalue weighted by molar-refractivity contribution is 0.534. The summed E-state index contributed by atoms with van der Waals surface area (Å²) >= 11 is 15.1.